The summed E-state index contributed by atoms with van der Waals surface area (Å²) in [4.78, 5) is 16.7. The van der Waals surface area contributed by atoms with Gasteiger partial charge in [0.1, 0.15) is 5.75 Å². The highest BCUT2D eigenvalue weighted by Crippen LogP contribution is 2.20. The van der Waals surface area contributed by atoms with Crippen LogP contribution in [0.2, 0.25) is 0 Å². The predicted molar refractivity (Wildman–Crippen MR) is 81.8 cm³/mol. The van der Waals surface area contributed by atoms with Gasteiger partial charge in [0.25, 0.3) is 5.91 Å². The molecule has 1 aromatic rings. The van der Waals surface area contributed by atoms with E-state index in [2.05, 4.69) is 4.90 Å². The molecule has 1 aliphatic rings. The molecule has 1 aliphatic heterocycles. The molecule has 2 rings (SSSR count). The van der Waals surface area contributed by atoms with Gasteiger partial charge in [0.2, 0.25) is 0 Å². The standard InChI is InChI=1S/C16H24N2O3/c1-13-4-5-14(12-15(13)21-2)16(20)18-7-3-6-17(8-9-18)10-11-19/h4-5,12,19H,3,6-11H2,1-2H3. The van der Waals surface area contributed by atoms with Crippen LogP contribution in [0.25, 0.3) is 0 Å². The average Bonchev–Trinajstić information content (AvgIpc) is 2.73. The lowest BCUT2D eigenvalue weighted by Crippen LogP contribution is -2.35. The molecule has 0 bridgehead atoms. The summed E-state index contributed by atoms with van der Waals surface area (Å²) in [6.07, 6.45) is 0.939. The highest BCUT2D eigenvalue weighted by molar-refractivity contribution is 5.94. The third kappa shape index (κ3) is 3.95. The maximum absolute atomic E-state index is 12.6. The number of carbonyl (C=O) groups is 1. The minimum absolute atomic E-state index is 0.0548. The molecule has 1 fully saturated rings. The van der Waals surface area contributed by atoms with Crippen molar-refractivity contribution in [2.24, 2.45) is 0 Å². The second kappa shape index (κ2) is 7.43. The number of amides is 1. The summed E-state index contributed by atoms with van der Waals surface area (Å²) in [5.74, 6) is 0.803. The molecule has 1 saturated heterocycles. The fraction of sp³-hybridized carbons (Fsp3) is 0.562. The van der Waals surface area contributed by atoms with Crippen molar-refractivity contribution in [1.82, 2.24) is 9.80 Å². The average molecular weight is 292 g/mol. The summed E-state index contributed by atoms with van der Waals surface area (Å²) in [5.41, 5.74) is 1.70. The zero-order chi connectivity index (χ0) is 15.2. The summed E-state index contributed by atoms with van der Waals surface area (Å²) >= 11 is 0. The zero-order valence-corrected chi connectivity index (χ0v) is 12.8. The number of hydrogen-bond donors (Lipinski definition) is 1. The van der Waals surface area contributed by atoms with Gasteiger partial charge in [-0.1, -0.05) is 6.07 Å². The van der Waals surface area contributed by atoms with Gasteiger partial charge in [-0.3, -0.25) is 9.69 Å². The van der Waals surface area contributed by atoms with Crippen molar-refractivity contribution in [1.29, 1.82) is 0 Å². The summed E-state index contributed by atoms with van der Waals surface area (Å²) in [7, 11) is 1.62. The number of carbonyl (C=O) groups excluding carboxylic acids is 1. The topological polar surface area (TPSA) is 53.0 Å². The van der Waals surface area contributed by atoms with Crippen LogP contribution < -0.4 is 4.74 Å². The van der Waals surface area contributed by atoms with E-state index in [9.17, 15) is 4.79 Å². The van der Waals surface area contributed by atoms with E-state index in [1.165, 1.54) is 0 Å². The van der Waals surface area contributed by atoms with Crippen LogP contribution in [-0.4, -0.2) is 67.3 Å². The van der Waals surface area contributed by atoms with Crippen LogP contribution in [0.5, 0.6) is 5.75 Å². The molecule has 116 valence electrons. The van der Waals surface area contributed by atoms with Gasteiger partial charge in [0, 0.05) is 31.7 Å². The van der Waals surface area contributed by atoms with E-state index in [1.807, 2.05) is 30.0 Å². The van der Waals surface area contributed by atoms with E-state index >= 15 is 0 Å². The van der Waals surface area contributed by atoms with Crippen molar-refractivity contribution in [3.8, 4) is 5.75 Å². The van der Waals surface area contributed by atoms with Crippen molar-refractivity contribution in [3.05, 3.63) is 29.3 Å². The molecule has 1 aromatic carbocycles. The molecule has 0 aliphatic carbocycles. The highest BCUT2D eigenvalue weighted by Gasteiger charge is 2.20. The summed E-state index contributed by atoms with van der Waals surface area (Å²) in [6, 6.07) is 5.59. The molecular formula is C16H24N2O3. The molecule has 1 heterocycles. The van der Waals surface area contributed by atoms with Gasteiger partial charge < -0.3 is 14.7 Å². The Morgan fingerprint density at radius 3 is 2.81 bits per heavy atom. The molecule has 0 atom stereocenters. The highest BCUT2D eigenvalue weighted by atomic mass is 16.5. The first-order valence-corrected chi connectivity index (χ1v) is 7.43. The number of rotatable bonds is 4. The summed E-state index contributed by atoms with van der Waals surface area (Å²) in [5, 5.41) is 9.01. The van der Waals surface area contributed by atoms with Crippen LogP contribution in [0.3, 0.4) is 0 Å². The number of aryl methyl sites for hydroxylation is 1. The van der Waals surface area contributed by atoms with Crippen LogP contribution in [0.15, 0.2) is 18.2 Å². The molecule has 0 spiro atoms. The van der Waals surface area contributed by atoms with Crippen molar-refractivity contribution >= 4 is 5.91 Å². The monoisotopic (exact) mass is 292 g/mol. The summed E-state index contributed by atoms with van der Waals surface area (Å²) in [6.45, 7) is 6.03. The van der Waals surface area contributed by atoms with Crippen LogP contribution in [0, 0.1) is 6.92 Å². The molecular weight excluding hydrogens is 268 g/mol. The van der Waals surface area contributed by atoms with E-state index in [4.69, 9.17) is 9.84 Å². The van der Waals surface area contributed by atoms with Crippen LogP contribution in [-0.2, 0) is 0 Å². The molecule has 5 heteroatoms. The molecule has 5 nitrogen and oxygen atoms in total. The number of benzene rings is 1. The SMILES string of the molecule is COc1cc(C(=O)N2CCCN(CCO)CC2)ccc1C. The Labute approximate surface area is 126 Å². The lowest BCUT2D eigenvalue weighted by atomic mass is 10.1. The quantitative estimate of drug-likeness (QED) is 0.904. The Bertz CT molecular complexity index is 490. The van der Waals surface area contributed by atoms with E-state index < -0.39 is 0 Å². The van der Waals surface area contributed by atoms with E-state index in [1.54, 1.807) is 7.11 Å². The lowest BCUT2D eigenvalue weighted by Gasteiger charge is -2.22. The Morgan fingerprint density at radius 1 is 1.29 bits per heavy atom. The van der Waals surface area contributed by atoms with Gasteiger partial charge in [-0.25, -0.2) is 0 Å². The number of aliphatic hydroxyl groups is 1. The predicted octanol–water partition coefficient (Wildman–Crippen LogP) is 1.14. The maximum atomic E-state index is 12.6. The molecule has 1 N–H and O–H groups in total. The third-order valence-corrected chi connectivity index (χ3v) is 3.95. The van der Waals surface area contributed by atoms with Gasteiger partial charge in [-0.15, -0.1) is 0 Å². The first-order chi connectivity index (χ1) is 10.2. The Balaban J connectivity index is 2.06. The molecule has 1 amide bonds. The Morgan fingerprint density at radius 2 is 2.10 bits per heavy atom. The minimum Gasteiger partial charge on any atom is -0.496 e. The van der Waals surface area contributed by atoms with Gasteiger partial charge in [0.15, 0.2) is 0 Å². The Kier molecular flexibility index (Phi) is 5.59. The molecule has 0 unspecified atom stereocenters. The fourth-order valence-corrected chi connectivity index (χ4v) is 2.67. The third-order valence-electron chi connectivity index (χ3n) is 3.95. The van der Waals surface area contributed by atoms with Crippen molar-refractivity contribution in [3.63, 3.8) is 0 Å². The van der Waals surface area contributed by atoms with E-state index in [0.29, 0.717) is 18.7 Å². The molecule has 0 radical (unpaired) electrons. The van der Waals surface area contributed by atoms with Gasteiger partial charge in [-0.2, -0.15) is 0 Å². The van der Waals surface area contributed by atoms with Crippen LogP contribution in [0.1, 0.15) is 22.3 Å². The second-order valence-electron chi connectivity index (χ2n) is 5.40. The molecule has 0 aromatic heterocycles. The van der Waals surface area contributed by atoms with Crippen molar-refractivity contribution < 1.29 is 14.6 Å². The van der Waals surface area contributed by atoms with Crippen molar-refractivity contribution in [2.75, 3.05) is 46.4 Å². The van der Waals surface area contributed by atoms with Gasteiger partial charge in [-0.05, 0) is 37.6 Å². The van der Waals surface area contributed by atoms with Gasteiger partial charge in [0.05, 0.1) is 13.7 Å². The maximum Gasteiger partial charge on any atom is 0.254 e. The normalized spacial score (nSPS) is 16.6. The van der Waals surface area contributed by atoms with Gasteiger partial charge >= 0.3 is 0 Å². The molecule has 0 saturated carbocycles. The largest absolute Gasteiger partial charge is 0.496 e. The fourth-order valence-electron chi connectivity index (χ4n) is 2.67. The van der Waals surface area contributed by atoms with Crippen molar-refractivity contribution in [2.45, 2.75) is 13.3 Å². The Hall–Kier alpha value is -1.59. The number of hydrogen-bond acceptors (Lipinski definition) is 4. The second-order valence-corrected chi connectivity index (χ2v) is 5.40. The lowest BCUT2D eigenvalue weighted by molar-refractivity contribution is 0.0760. The number of aliphatic hydroxyl groups excluding tert-OH is 1. The number of β-amino-alcohol motifs (C(OH)–C–C–N with tert-alkyl or cyclic N) is 1. The first kappa shape index (κ1) is 15.8. The number of nitrogens with zero attached hydrogens (tertiary/aromatic N) is 2. The summed E-state index contributed by atoms with van der Waals surface area (Å²) < 4.78 is 5.29. The zero-order valence-electron chi connectivity index (χ0n) is 12.8. The van der Waals surface area contributed by atoms with Crippen LogP contribution in [0.4, 0.5) is 0 Å². The van der Waals surface area contributed by atoms with E-state index in [-0.39, 0.29) is 12.5 Å². The molecule has 21 heavy (non-hydrogen) atoms. The number of ether oxygens (including phenoxy) is 1. The smallest absolute Gasteiger partial charge is 0.254 e. The van der Waals surface area contributed by atoms with E-state index in [0.717, 1.165) is 37.4 Å². The van der Waals surface area contributed by atoms with Crippen LogP contribution >= 0.6 is 0 Å². The minimum atomic E-state index is 0.0548. The first-order valence-electron chi connectivity index (χ1n) is 7.43. The number of methoxy groups -OCH3 is 1.